The van der Waals surface area contributed by atoms with Crippen LogP contribution in [0.3, 0.4) is 0 Å². The maximum Gasteiger partial charge on any atom is 0.251 e. The van der Waals surface area contributed by atoms with Gasteiger partial charge in [-0.25, -0.2) is 4.68 Å². The molecule has 2 amide bonds. The molecule has 0 fully saturated rings. The van der Waals surface area contributed by atoms with Crippen molar-refractivity contribution in [2.24, 2.45) is 7.05 Å². The lowest BCUT2D eigenvalue weighted by Gasteiger charge is -2.13. The van der Waals surface area contributed by atoms with Crippen LogP contribution in [0, 0.1) is 11.7 Å². The maximum atomic E-state index is 12.6. The Kier molecular flexibility index (Phi) is 7.02. The fourth-order valence-electron chi connectivity index (χ4n) is 3.31. The second-order valence-corrected chi connectivity index (χ2v) is 8.07. The molecule has 3 rings (SSSR count). The molecule has 1 heterocycles. The Morgan fingerprint density at radius 2 is 1.77 bits per heavy atom. The third-order valence-electron chi connectivity index (χ3n) is 5.08. The van der Waals surface area contributed by atoms with Crippen molar-refractivity contribution in [3.63, 3.8) is 0 Å². The Morgan fingerprint density at radius 1 is 1.10 bits per heavy atom. The van der Waals surface area contributed by atoms with E-state index in [1.807, 2.05) is 49.4 Å². The highest BCUT2D eigenvalue weighted by Crippen LogP contribution is 2.23. The Labute approximate surface area is 187 Å². The number of aromatic nitrogens is 3. The van der Waals surface area contributed by atoms with Gasteiger partial charge in [-0.1, -0.05) is 50.2 Å². The molecule has 7 nitrogen and oxygen atoms in total. The van der Waals surface area contributed by atoms with Crippen LogP contribution >= 0.6 is 12.2 Å². The topological polar surface area (TPSA) is 80.9 Å². The summed E-state index contributed by atoms with van der Waals surface area (Å²) in [4.78, 5) is 25.1. The van der Waals surface area contributed by atoms with Crippen molar-refractivity contribution in [3.05, 3.63) is 75.8 Å². The zero-order valence-electron chi connectivity index (χ0n) is 18.2. The first-order valence-electron chi connectivity index (χ1n) is 10.1. The van der Waals surface area contributed by atoms with E-state index < -0.39 is 0 Å². The van der Waals surface area contributed by atoms with Crippen molar-refractivity contribution in [2.75, 3.05) is 5.32 Å². The summed E-state index contributed by atoms with van der Waals surface area (Å²) in [6, 6.07) is 15.1. The quantitative estimate of drug-likeness (QED) is 0.549. The van der Waals surface area contributed by atoms with Crippen LogP contribution in [-0.2, 0) is 24.9 Å². The average molecular weight is 438 g/mol. The third-order valence-corrected chi connectivity index (χ3v) is 5.56. The number of benzene rings is 2. The maximum absolute atomic E-state index is 12.6. The average Bonchev–Trinajstić information content (AvgIpc) is 3.00. The highest BCUT2D eigenvalue weighted by Gasteiger charge is 2.15. The summed E-state index contributed by atoms with van der Waals surface area (Å²) in [7, 11) is 1.77. The second kappa shape index (κ2) is 9.70. The highest BCUT2D eigenvalue weighted by atomic mass is 32.1. The van der Waals surface area contributed by atoms with Crippen molar-refractivity contribution < 1.29 is 9.59 Å². The van der Waals surface area contributed by atoms with Crippen LogP contribution in [0.5, 0.6) is 0 Å². The molecule has 2 N–H and O–H groups in total. The molecule has 1 aromatic heterocycles. The molecule has 0 aliphatic carbocycles. The van der Waals surface area contributed by atoms with Gasteiger partial charge >= 0.3 is 0 Å². The van der Waals surface area contributed by atoms with Gasteiger partial charge in [-0.2, -0.15) is 5.10 Å². The van der Waals surface area contributed by atoms with Crippen molar-refractivity contribution in [3.8, 4) is 0 Å². The van der Waals surface area contributed by atoms with Crippen LogP contribution in [0.2, 0.25) is 0 Å². The van der Waals surface area contributed by atoms with Gasteiger partial charge in [-0.05, 0) is 48.3 Å². The number of amides is 2. The van der Waals surface area contributed by atoms with Gasteiger partial charge in [0.15, 0.2) is 10.6 Å². The zero-order chi connectivity index (χ0) is 22.5. The lowest BCUT2D eigenvalue weighted by Crippen LogP contribution is -2.25. The molecule has 0 aliphatic rings. The number of aryl methyl sites for hydroxylation is 1. The second-order valence-electron chi connectivity index (χ2n) is 7.70. The fourth-order valence-corrected chi connectivity index (χ4v) is 3.52. The number of hydrogen-bond donors (Lipinski definition) is 2. The standard InChI is InChI=1S/C23H27N5O2S/c1-15(2)17-10-7-8-12-19(17)25-21(29)14-28-23(31)27(4)20(26-28)13-24-22(30)18-11-6-5-9-16(18)3/h5-12,15H,13-14H2,1-4H3,(H,24,30)(H,25,29). The molecule has 8 heteroatoms. The van der Waals surface area contributed by atoms with E-state index in [1.165, 1.54) is 4.68 Å². The van der Waals surface area contributed by atoms with Crippen molar-refractivity contribution in [1.82, 2.24) is 19.7 Å². The molecule has 0 radical (unpaired) electrons. The molecular weight excluding hydrogens is 410 g/mol. The van der Waals surface area contributed by atoms with Gasteiger partial charge in [-0.3, -0.25) is 9.59 Å². The molecule has 0 saturated heterocycles. The normalized spacial score (nSPS) is 10.9. The lowest BCUT2D eigenvalue weighted by molar-refractivity contribution is -0.116. The van der Waals surface area contributed by atoms with Gasteiger partial charge in [-0.15, -0.1) is 0 Å². The predicted octanol–water partition coefficient (Wildman–Crippen LogP) is 3.95. The zero-order valence-corrected chi connectivity index (χ0v) is 19.0. The Bertz CT molecular complexity index is 1160. The minimum atomic E-state index is -0.210. The van der Waals surface area contributed by atoms with Gasteiger partial charge in [0.25, 0.3) is 5.91 Å². The predicted molar refractivity (Wildman–Crippen MR) is 124 cm³/mol. The van der Waals surface area contributed by atoms with E-state index in [0.29, 0.717) is 16.2 Å². The summed E-state index contributed by atoms with van der Waals surface area (Å²) < 4.78 is 3.58. The summed E-state index contributed by atoms with van der Waals surface area (Å²) >= 11 is 5.43. The number of carbonyl (C=O) groups is 2. The number of rotatable bonds is 7. The van der Waals surface area contributed by atoms with Gasteiger partial charge in [0.2, 0.25) is 5.91 Å². The molecule has 0 atom stereocenters. The van der Waals surface area contributed by atoms with Gasteiger partial charge in [0, 0.05) is 18.3 Å². The number of nitrogens with zero attached hydrogens (tertiary/aromatic N) is 3. The molecule has 3 aromatic rings. The smallest absolute Gasteiger partial charge is 0.251 e. The van der Waals surface area contributed by atoms with E-state index in [2.05, 4.69) is 29.6 Å². The Hall–Kier alpha value is -3.26. The van der Waals surface area contributed by atoms with Crippen molar-refractivity contribution >= 4 is 29.7 Å². The van der Waals surface area contributed by atoms with Crippen LogP contribution in [0.4, 0.5) is 5.69 Å². The van der Waals surface area contributed by atoms with E-state index >= 15 is 0 Å². The first-order chi connectivity index (χ1) is 14.8. The molecule has 0 spiro atoms. The largest absolute Gasteiger partial charge is 0.345 e. The molecule has 162 valence electrons. The van der Waals surface area contributed by atoms with Gasteiger partial charge < -0.3 is 15.2 Å². The van der Waals surface area contributed by atoms with Crippen LogP contribution in [0.1, 0.15) is 47.1 Å². The first kappa shape index (κ1) is 22.4. The van der Waals surface area contributed by atoms with Crippen molar-refractivity contribution in [2.45, 2.75) is 39.8 Å². The highest BCUT2D eigenvalue weighted by molar-refractivity contribution is 7.71. The molecule has 2 aromatic carbocycles. The number of nitrogens with one attached hydrogen (secondary N) is 2. The summed E-state index contributed by atoms with van der Waals surface area (Å²) in [6.07, 6.45) is 0. The summed E-state index contributed by atoms with van der Waals surface area (Å²) in [6.45, 7) is 6.25. The first-order valence-corrected chi connectivity index (χ1v) is 10.5. The minimum absolute atomic E-state index is 0.00908. The van der Waals surface area contributed by atoms with Crippen LogP contribution in [0.25, 0.3) is 0 Å². The fraction of sp³-hybridized carbons (Fsp3) is 0.304. The van der Waals surface area contributed by atoms with Gasteiger partial charge in [0.05, 0.1) is 6.54 Å². The number of anilines is 1. The molecular formula is C23H27N5O2S. The van der Waals surface area contributed by atoms with E-state index in [-0.39, 0.29) is 30.8 Å². The molecule has 0 unspecified atom stereocenters. The monoisotopic (exact) mass is 437 g/mol. The number of para-hydroxylation sites is 1. The Morgan fingerprint density at radius 3 is 2.48 bits per heavy atom. The SMILES string of the molecule is Cc1ccccc1C(=O)NCc1nn(CC(=O)Nc2ccccc2C(C)C)c(=S)n1C. The lowest BCUT2D eigenvalue weighted by atomic mass is 10.0. The van der Waals surface area contributed by atoms with E-state index in [1.54, 1.807) is 17.7 Å². The molecule has 0 aliphatic heterocycles. The van der Waals surface area contributed by atoms with Crippen LogP contribution in [0.15, 0.2) is 48.5 Å². The number of hydrogen-bond acceptors (Lipinski definition) is 4. The molecule has 31 heavy (non-hydrogen) atoms. The Balaban J connectivity index is 1.68. The molecule has 0 bridgehead atoms. The van der Waals surface area contributed by atoms with Crippen LogP contribution < -0.4 is 10.6 Å². The van der Waals surface area contributed by atoms with E-state index in [9.17, 15) is 9.59 Å². The number of carbonyl (C=O) groups excluding carboxylic acids is 2. The van der Waals surface area contributed by atoms with Crippen LogP contribution in [-0.4, -0.2) is 26.2 Å². The summed E-state index contributed by atoms with van der Waals surface area (Å²) in [5.74, 6) is 0.471. The van der Waals surface area contributed by atoms with Gasteiger partial charge in [0.1, 0.15) is 6.54 Å². The van der Waals surface area contributed by atoms with E-state index in [0.717, 1.165) is 16.8 Å². The molecule has 0 saturated carbocycles. The summed E-state index contributed by atoms with van der Waals surface area (Å²) in [5, 5.41) is 10.3. The van der Waals surface area contributed by atoms with Crippen molar-refractivity contribution in [1.29, 1.82) is 0 Å². The summed E-state index contributed by atoms with van der Waals surface area (Å²) in [5.41, 5.74) is 3.37. The minimum Gasteiger partial charge on any atom is -0.345 e. The third kappa shape index (κ3) is 5.27. The van der Waals surface area contributed by atoms with E-state index in [4.69, 9.17) is 12.2 Å².